The molecule has 0 radical (unpaired) electrons. The molecular formula is C26H22N4O4S2. The lowest BCUT2D eigenvalue weighted by Crippen LogP contribution is -2.37. The monoisotopic (exact) mass is 518 g/mol. The molecule has 0 spiro atoms. The number of hydrogen-bond acceptors (Lipinski definition) is 8. The highest BCUT2D eigenvalue weighted by molar-refractivity contribution is 7.22. The number of amides is 2. The summed E-state index contributed by atoms with van der Waals surface area (Å²) in [6.45, 7) is 1.24. The van der Waals surface area contributed by atoms with E-state index in [-0.39, 0.29) is 17.7 Å². The topological polar surface area (TPSA) is 97.6 Å². The molecule has 1 saturated heterocycles. The molecule has 36 heavy (non-hydrogen) atoms. The number of carbonyl (C=O) groups excluding carboxylic acids is 2. The van der Waals surface area contributed by atoms with Crippen molar-refractivity contribution in [1.82, 2.24) is 14.9 Å². The smallest absolute Gasteiger partial charge is 0.289 e. The molecule has 8 nitrogen and oxygen atoms in total. The first-order chi connectivity index (χ1) is 17.6. The van der Waals surface area contributed by atoms with Crippen molar-refractivity contribution in [3.8, 4) is 5.75 Å². The molecule has 0 unspecified atom stereocenters. The summed E-state index contributed by atoms with van der Waals surface area (Å²) >= 11 is 2.88. The number of methoxy groups -OCH3 is 1. The zero-order valence-corrected chi connectivity index (χ0v) is 21.0. The first-order valence-corrected chi connectivity index (χ1v) is 13.3. The number of hydrogen-bond donors (Lipinski definition) is 1. The number of anilines is 1. The SMILES string of the molecule is COc1cccc2sc(NC(=O)c3csc(C4CCN(C(=O)c5cc6ccccc6o5)CC4)n3)nc12. The normalized spacial score (nSPS) is 14.4. The van der Waals surface area contributed by atoms with Gasteiger partial charge in [0.2, 0.25) is 0 Å². The van der Waals surface area contributed by atoms with Gasteiger partial charge in [-0.1, -0.05) is 35.6 Å². The Balaban J connectivity index is 1.09. The summed E-state index contributed by atoms with van der Waals surface area (Å²) in [5, 5.41) is 6.99. The Morgan fingerprint density at radius 2 is 1.94 bits per heavy atom. The van der Waals surface area contributed by atoms with Gasteiger partial charge in [0.05, 0.1) is 16.8 Å². The number of fused-ring (bicyclic) bond motifs is 2. The van der Waals surface area contributed by atoms with Crippen LogP contribution >= 0.6 is 22.7 Å². The lowest BCUT2D eigenvalue weighted by molar-refractivity contribution is 0.0683. The fraction of sp³-hybridized carbons (Fsp3) is 0.231. The molecule has 182 valence electrons. The van der Waals surface area contributed by atoms with Gasteiger partial charge in [0.25, 0.3) is 11.8 Å². The number of carbonyl (C=O) groups is 2. The van der Waals surface area contributed by atoms with E-state index in [0.717, 1.165) is 33.5 Å². The number of nitrogens with one attached hydrogen (secondary N) is 1. The minimum absolute atomic E-state index is 0.0867. The van der Waals surface area contributed by atoms with E-state index in [1.54, 1.807) is 18.6 Å². The quantitative estimate of drug-likeness (QED) is 0.317. The third-order valence-corrected chi connectivity index (χ3v) is 8.29. The maximum Gasteiger partial charge on any atom is 0.289 e. The van der Waals surface area contributed by atoms with Crippen molar-refractivity contribution < 1.29 is 18.7 Å². The number of para-hydroxylation sites is 2. The van der Waals surface area contributed by atoms with Gasteiger partial charge in [-0.3, -0.25) is 14.9 Å². The van der Waals surface area contributed by atoms with Gasteiger partial charge in [-0.15, -0.1) is 11.3 Å². The number of furan rings is 1. The van der Waals surface area contributed by atoms with Crippen LogP contribution in [-0.2, 0) is 0 Å². The van der Waals surface area contributed by atoms with Crippen molar-refractivity contribution in [2.45, 2.75) is 18.8 Å². The van der Waals surface area contributed by atoms with Crippen molar-refractivity contribution >= 4 is 60.8 Å². The number of likely N-dealkylation sites (tertiary alicyclic amines) is 1. The summed E-state index contributed by atoms with van der Waals surface area (Å²) in [6.07, 6.45) is 1.58. The van der Waals surface area contributed by atoms with Crippen LogP contribution in [0.4, 0.5) is 5.13 Å². The van der Waals surface area contributed by atoms with E-state index >= 15 is 0 Å². The largest absolute Gasteiger partial charge is 0.494 e. The fourth-order valence-electron chi connectivity index (χ4n) is 4.45. The first-order valence-electron chi connectivity index (χ1n) is 11.6. The summed E-state index contributed by atoms with van der Waals surface area (Å²) in [5.74, 6) is 0.882. The average Bonchev–Trinajstić information content (AvgIpc) is 3.66. The van der Waals surface area contributed by atoms with Crippen molar-refractivity contribution in [1.29, 1.82) is 0 Å². The Kier molecular flexibility index (Phi) is 5.90. The van der Waals surface area contributed by atoms with Crippen LogP contribution in [0.2, 0.25) is 0 Å². The van der Waals surface area contributed by atoms with Crippen LogP contribution in [0.15, 0.2) is 58.3 Å². The minimum Gasteiger partial charge on any atom is -0.494 e. The molecule has 2 aromatic carbocycles. The van der Waals surface area contributed by atoms with Crippen molar-refractivity contribution in [2.75, 3.05) is 25.5 Å². The van der Waals surface area contributed by atoms with E-state index in [4.69, 9.17) is 9.15 Å². The predicted molar refractivity (Wildman–Crippen MR) is 140 cm³/mol. The van der Waals surface area contributed by atoms with Crippen LogP contribution in [-0.4, -0.2) is 46.9 Å². The highest BCUT2D eigenvalue weighted by atomic mass is 32.1. The Bertz CT molecular complexity index is 1550. The van der Waals surface area contributed by atoms with Crippen LogP contribution in [0.1, 0.15) is 44.8 Å². The molecule has 0 bridgehead atoms. The molecule has 10 heteroatoms. The summed E-state index contributed by atoms with van der Waals surface area (Å²) in [5.41, 5.74) is 1.82. The summed E-state index contributed by atoms with van der Waals surface area (Å²) in [6, 6.07) is 15.1. The molecule has 0 aliphatic carbocycles. The van der Waals surface area contributed by atoms with E-state index in [0.29, 0.717) is 41.0 Å². The molecule has 2 amide bonds. The number of nitrogens with zero attached hydrogens (tertiary/aromatic N) is 3. The molecule has 1 fully saturated rings. The maximum atomic E-state index is 12.9. The van der Waals surface area contributed by atoms with Crippen LogP contribution in [0.25, 0.3) is 21.2 Å². The fourth-order valence-corrected chi connectivity index (χ4v) is 6.30. The van der Waals surface area contributed by atoms with Gasteiger partial charge in [0.1, 0.15) is 22.5 Å². The van der Waals surface area contributed by atoms with Gasteiger partial charge < -0.3 is 14.1 Å². The van der Waals surface area contributed by atoms with Crippen LogP contribution in [0.5, 0.6) is 5.75 Å². The highest BCUT2D eigenvalue weighted by Crippen LogP contribution is 2.34. The molecule has 1 aliphatic rings. The zero-order valence-electron chi connectivity index (χ0n) is 19.4. The summed E-state index contributed by atoms with van der Waals surface area (Å²) < 4.78 is 12.0. The van der Waals surface area contributed by atoms with E-state index in [2.05, 4.69) is 15.3 Å². The summed E-state index contributed by atoms with van der Waals surface area (Å²) in [4.78, 5) is 36.7. The summed E-state index contributed by atoms with van der Waals surface area (Å²) in [7, 11) is 1.60. The molecule has 0 atom stereocenters. The lowest BCUT2D eigenvalue weighted by Gasteiger charge is -2.30. The molecule has 0 saturated carbocycles. The standard InChI is InChI=1S/C26H22N4O4S2/c1-33-19-7-4-8-21-22(19)28-26(36-21)29-23(31)17-14-35-24(27-17)15-9-11-30(12-10-15)25(32)20-13-16-5-2-3-6-18(16)34-20/h2-8,13-15H,9-12H2,1H3,(H,28,29,31). The van der Waals surface area contributed by atoms with Crippen LogP contribution < -0.4 is 10.1 Å². The molecule has 5 aromatic rings. The molecule has 1 aliphatic heterocycles. The number of aromatic nitrogens is 2. The maximum absolute atomic E-state index is 12.9. The van der Waals surface area contributed by atoms with E-state index in [1.807, 2.05) is 47.4 Å². The van der Waals surface area contributed by atoms with Gasteiger partial charge in [0, 0.05) is 29.8 Å². The van der Waals surface area contributed by atoms with Gasteiger partial charge in [-0.05, 0) is 37.1 Å². The molecule has 3 aromatic heterocycles. The number of rotatable bonds is 5. The van der Waals surface area contributed by atoms with Crippen LogP contribution in [0, 0.1) is 0 Å². The molecule has 4 heterocycles. The van der Waals surface area contributed by atoms with E-state index < -0.39 is 0 Å². The van der Waals surface area contributed by atoms with Crippen molar-refractivity contribution in [3.63, 3.8) is 0 Å². The molecule has 6 rings (SSSR count). The van der Waals surface area contributed by atoms with Gasteiger partial charge in [0.15, 0.2) is 10.9 Å². The van der Waals surface area contributed by atoms with E-state index in [9.17, 15) is 9.59 Å². The van der Waals surface area contributed by atoms with Crippen LogP contribution in [0.3, 0.4) is 0 Å². The van der Waals surface area contributed by atoms with Crippen molar-refractivity contribution in [2.24, 2.45) is 0 Å². The number of benzene rings is 2. The second-order valence-electron chi connectivity index (χ2n) is 8.57. The average molecular weight is 519 g/mol. The van der Waals surface area contributed by atoms with Crippen molar-refractivity contribution in [3.05, 3.63) is 70.4 Å². The molecular weight excluding hydrogens is 496 g/mol. The number of thiazole rings is 2. The Hall–Kier alpha value is -3.76. The van der Waals surface area contributed by atoms with E-state index in [1.165, 1.54) is 22.7 Å². The first kappa shape index (κ1) is 22.7. The minimum atomic E-state index is -0.284. The second-order valence-corrected chi connectivity index (χ2v) is 10.5. The third-order valence-electron chi connectivity index (χ3n) is 6.34. The van der Waals surface area contributed by atoms with Gasteiger partial charge >= 0.3 is 0 Å². The number of ether oxygens (including phenoxy) is 1. The van der Waals surface area contributed by atoms with Gasteiger partial charge in [-0.2, -0.15) is 0 Å². The zero-order chi connectivity index (χ0) is 24.6. The lowest BCUT2D eigenvalue weighted by atomic mass is 9.97. The number of piperidine rings is 1. The highest BCUT2D eigenvalue weighted by Gasteiger charge is 2.28. The Morgan fingerprint density at radius 3 is 2.75 bits per heavy atom. The predicted octanol–water partition coefficient (Wildman–Crippen LogP) is 5.78. The van der Waals surface area contributed by atoms with Gasteiger partial charge in [-0.25, -0.2) is 9.97 Å². The Labute approximate surface area is 214 Å². The third kappa shape index (κ3) is 4.22. The molecule has 1 N–H and O–H groups in total. The second kappa shape index (κ2) is 9.36. The Morgan fingerprint density at radius 1 is 1.11 bits per heavy atom.